The lowest BCUT2D eigenvalue weighted by atomic mass is 9.97. The molecule has 0 spiro atoms. The summed E-state index contributed by atoms with van der Waals surface area (Å²) in [6.07, 6.45) is 0.646. The van der Waals surface area contributed by atoms with Crippen molar-refractivity contribution in [3.05, 3.63) is 34.4 Å². The first-order valence-corrected chi connectivity index (χ1v) is 5.12. The van der Waals surface area contributed by atoms with E-state index < -0.39 is 0 Å². The molecule has 92 valence electrons. The van der Waals surface area contributed by atoms with E-state index in [1.165, 1.54) is 7.11 Å². The van der Waals surface area contributed by atoms with Crippen molar-refractivity contribution in [1.82, 2.24) is 0 Å². The smallest absolute Gasteiger partial charge is 0.172 e. The van der Waals surface area contributed by atoms with Gasteiger partial charge >= 0.3 is 0 Å². The molecule has 0 amide bonds. The third-order valence-corrected chi connectivity index (χ3v) is 2.54. The molecule has 1 aromatic rings. The van der Waals surface area contributed by atoms with Crippen LogP contribution in [0.4, 0.5) is 0 Å². The zero-order valence-corrected chi connectivity index (χ0v) is 10.2. The fourth-order valence-corrected chi connectivity index (χ4v) is 1.56. The van der Waals surface area contributed by atoms with Gasteiger partial charge in [-0.25, -0.2) is 5.90 Å². The third-order valence-electron chi connectivity index (χ3n) is 2.54. The summed E-state index contributed by atoms with van der Waals surface area (Å²) in [4.78, 5) is 20.2. The number of rotatable bonds is 5. The first-order chi connectivity index (χ1) is 8.13. The van der Waals surface area contributed by atoms with Crippen molar-refractivity contribution < 1.29 is 14.5 Å². The summed E-state index contributed by atoms with van der Waals surface area (Å²) in [6, 6.07) is 3.79. The molecule has 0 aliphatic heterocycles. The van der Waals surface area contributed by atoms with E-state index in [9.17, 15) is 4.79 Å². The molecule has 0 unspecified atom stereocenters. The van der Waals surface area contributed by atoms with E-state index in [-0.39, 0.29) is 12.3 Å². The molecule has 0 heterocycles. The highest BCUT2D eigenvalue weighted by Crippen LogP contribution is 2.17. The number of oxime groups is 1. The molecule has 0 saturated carbocycles. The molecule has 1 rings (SSSR count). The third kappa shape index (κ3) is 3.12. The van der Waals surface area contributed by atoms with Crippen LogP contribution in [0.3, 0.4) is 0 Å². The van der Waals surface area contributed by atoms with Crippen molar-refractivity contribution in [2.75, 3.05) is 7.11 Å². The first-order valence-electron chi connectivity index (χ1n) is 5.12. The lowest BCUT2D eigenvalue weighted by Crippen LogP contribution is -2.11. The quantitative estimate of drug-likeness (QED) is 0.474. The van der Waals surface area contributed by atoms with Crippen LogP contribution >= 0.6 is 0 Å². The van der Waals surface area contributed by atoms with E-state index in [0.29, 0.717) is 11.8 Å². The molecule has 0 saturated heterocycles. The fraction of sp³-hybridized carbons (Fsp3) is 0.333. The second-order valence-corrected chi connectivity index (χ2v) is 3.68. The Morgan fingerprint density at radius 3 is 2.59 bits per heavy atom. The van der Waals surface area contributed by atoms with Gasteiger partial charge < -0.3 is 4.84 Å². The van der Waals surface area contributed by atoms with Crippen LogP contribution < -0.4 is 5.90 Å². The maximum absolute atomic E-state index is 11.0. The van der Waals surface area contributed by atoms with E-state index in [2.05, 4.69) is 14.8 Å². The summed E-state index contributed by atoms with van der Waals surface area (Å²) < 4.78 is 0. The van der Waals surface area contributed by atoms with Crippen LogP contribution in [0.2, 0.25) is 0 Å². The average Bonchev–Trinajstić information content (AvgIpc) is 2.31. The minimum absolute atomic E-state index is 0.215. The monoisotopic (exact) mass is 236 g/mol. The van der Waals surface area contributed by atoms with E-state index in [1.54, 1.807) is 0 Å². The van der Waals surface area contributed by atoms with Crippen molar-refractivity contribution in [1.29, 1.82) is 0 Å². The van der Waals surface area contributed by atoms with Crippen LogP contribution in [0, 0.1) is 13.8 Å². The van der Waals surface area contributed by atoms with Gasteiger partial charge in [-0.05, 0) is 36.6 Å². The molecule has 0 aliphatic rings. The number of hydrogen-bond donors (Lipinski definition) is 1. The predicted molar refractivity (Wildman–Crippen MR) is 64.5 cm³/mol. The number of nitrogens with two attached hydrogens (primary N) is 1. The first kappa shape index (κ1) is 13.3. The van der Waals surface area contributed by atoms with Gasteiger partial charge in [0.25, 0.3) is 0 Å². The van der Waals surface area contributed by atoms with Crippen molar-refractivity contribution in [3.8, 4) is 0 Å². The number of aldehydes is 1. The molecule has 0 aliphatic carbocycles. The lowest BCUT2D eigenvalue weighted by Gasteiger charge is -2.10. The van der Waals surface area contributed by atoms with Gasteiger partial charge in [0.15, 0.2) is 6.29 Å². The Bertz CT molecular complexity index is 442. The fourth-order valence-electron chi connectivity index (χ4n) is 1.56. The standard InChI is InChI=1S/C12H16N2O3/c1-8-4-10(7-17-13)11(5-9(8)2)12(6-15)14-16-3/h4-6H,7,13H2,1-3H3/b14-12+. The van der Waals surface area contributed by atoms with Crippen molar-refractivity contribution in [2.24, 2.45) is 11.1 Å². The lowest BCUT2D eigenvalue weighted by molar-refractivity contribution is -0.102. The Balaban J connectivity index is 3.33. The predicted octanol–water partition coefficient (Wildman–Crippen LogP) is 1.24. The summed E-state index contributed by atoms with van der Waals surface area (Å²) >= 11 is 0. The van der Waals surface area contributed by atoms with Crippen LogP contribution in [0.15, 0.2) is 17.3 Å². The minimum atomic E-state index is 0.215. The Labute approximate surface area is 100 Å². The number of nitrogens with zero attached hydrogens (tertiary/aromatic N) is 1. The molecule has 0 bridgehead atoms. The number of carbonyl (C=O) groups excluding carboxylic acids is 1. The van der Waals surface area contributed by atoms with Gasteiger partial charge in [0.05, 0.1) is 6.61 Å². The normalized spacial score (nSPS) is 11.4. The molecule has 0 atom stereocenters. The molecule has 0 aromatic heterocycles. The van der Waals surface area contributed by atoms with E-state index in [4.69, 9.17) is 5.90 Å². The maximum atomic E-state index is 11.0. The second-order valence-electron chi connectivity index (χ2n) is 3.68. The van der Waals surface area contributed by atoms with E-state index in [0.717, 1.165) is 16.7 Å². The van der Waals surface area contributed by atoms with Crippen LogP contribution in [-0.4, -0.2) is 19.1 Å². The number of benzene rings is 1. The molecular weight excluding hydrogens is 220 g/mol. The van der Waals surface area contributed by atoms with Crippen molar-refractivity contribution in [2.45, 2.75) is 20.5 Å². The summed E-state index contributed by atoms with van der Waals surface area (Å²) in [5.41, 5.74) is 3.87. The SMILES string of the molecule is CO/N=C(\C=O)c1cc(C)c(C)cc1CON. The number of carbonyl (C=O) groups is 1. The average molecular weight is 236 g/mol. The summed E-state index contributed by atoms with van der Waals surface area (Å²) in [5, 5.41) is 3.68. The Morgan fingerprint density at radius 1 is 1.41 bits per heavy atom. The van der Waals surface area contributed by atoms with Gasteiger partial charge in [0, 0.05) is 5.56 Å². The van der Waals surface area contributed by atoms with Crippen LogP contribution in [0.25, 0.3) is 0 Å². The molecule has 17 heavy (non-hydrogen) atoms. The molecule has 0 radical (unpaired) electrons. The summed E-state index contributed by atoms with van der Waals surface area (Å²) in [5.74, 6) is 5.07. The van der Waals surface area contributed by atoms with Gasteiger partial charge in [-0.3, -0.25) is 9.63 Å². The zero-order valence-electron chi connectivity index (χ0n) is 10.2. The molecule has 2 N–H and O–H groups in total. The molecule has 5 nitrogen and oxygen atoms in total. The van der Waals surface area contributed by atoms with Crippen LogP contribution in [0.5, 0.6) is 0 Å². The van der Waals surface area contributed by atoms with Gasteiger partial charge in [0.1, 0.15) is 12.8 Å². The largest absolute Gasteiger partial charge is 0.399 e. The van der Waals surface area contributed by atoms with E-state index in [1.807, 2.05) is 26.0 Å². The Hall–Kier alpha value is -1.72. The maximum Gasteiger partial charge on any atom is 0.172 e. The highest BCUT2D eigenvalue weighted by atomic mass is 16.6. The Morgan fingerprint density at radius 2 is 2.06 bits per heavy atom. The van der Waals surface area contributed by atoms with Crippen LogP contribution in [-0.2, 0) is 21.1 Å². The summed E-state index contributed by atoms with van der Waals surface area (Å²) in [6.45, 7) is 4.15. The van der Waals surface area contributed by atoms with Crippen LogP contribution in [0.1, 0.15) is 22.3 Å². The van der Waals surface area contributed by atoms with E-state index >= 15 is 0 Å². The molecule has 1 aromatic carbocycles. The van der Waals surface area contributed by atoms with Crippen molar-refractivity contribution >= 4 is 12.0 Å². The zero-order chi connectivity index (χ0) is 12.8. The molecule has 0 fully saturated rings. The molecular formula is C12H16N2O3. The van der Waals surface area contributed by atoms with Gasteiger partial charge in [0.2, 0.25) is 0 Å². The van der Waals surface area contributed by atoms with Gasteiger partial charge in [-0.1, -0.05) is 11.2 Å². The minimum Gasteiger partial charge on any atom is -0.399 e. The Kier molecular flexibility index (Phi) is 4.81. The van der Waals surface area contributed by atoms with Gasteiger partial charge in [-0.2, -0.15) is 0 Å². The second kappa shape index (κ2) is 6.12. The molecule has 5 heteroatoms. The number of hydrogen-bond acceptors (Lipinski definition) is 5. The van der Waals surface area contributed by atoms with Crippen molar-refractivity contribution in [3.63, 3.8) is 0 Å². The number of aryl methyl sites for hydroxylation is 2. The highest BCUT2D eigenvalue weighted by Gasteiger charge is 2.11. The summed E-state index contributed by atoms with van der Waals surface area (Å²) in [7, 11) is 1.39. The topological polar surface area (TPSA) is 73.9 Å². The van der Waals surface area contributed by atoms with Gasteiger partial charge in [-0.15, -0.1) is 0 Å². The highest BCUT2D eigenvalue weighted by molar-refractivity contribution is 6.36.